The highest BCUT2D eigenvalue weighted by Gasteiger charge is 2.37. The van der Waals surface area contributed by atoms with Crippen molar-refractivity contribution in [2.24, 2.45) is 4.99 Å². The number of benzene rings is 8. The van der Waals surface area contributed by atoms with Gasteiger partial charge in [0.05, 0.1) is 34.2 Å². The van der Waals surface area contributed by atoms with Crippen molar-refractivity contribution in [3.05, 3.63) is 186 Å². The second kappa shape index (κ2) is 10.8. The van der Waals surface area contributed by atoms with E-state index in [1.54, 1.807) is 0 Å². The van der Waals surface area contributed by atoms with Crippen LogP contribution in [-0.4, -0.2) is 10.3 Å². The van der Waals surface area contributed by atoms with E-state index in [4.69, 9.17) is 4.99 Å². The van der Waals surface area contributed by atoms with Gasteiger partial charge in [-0.2, -0.15) is 0 Å². The van der Waals surface area contributed by atoms with E-state index in [2.05, 4.69) is 188 Å². The molecule has 1 aromatic heterocycles. The third kappa shape index (κ3) is 4.11. The van der Waals surface area contributed by atoms with E-state index in [1.807, 2.05) is 0 Å². The Labute approximate surface area is 302 Å². The highest BCUT2D eigenvalue weighted by molar-refractivity contribution is 6.23. The fourth-order valence-corrected chi connectivity index (χ4v) is 9.07. The number of nitrogens with one attached hydrogen (secondary N) is 1. The summed E-state index contributed by atoms with van der Waals surface area (Å²) < 4.78 is 2.48. The van der Waals surface area contributed by atoms with Crippen molar-refractivity contribution in [3.8, 4) is 16.8 Å². The lowest BCUT2D eigenvalue weighted by molar-refractivity contribution is 0.661. The van der Waals surface area contributed by atoms with Crippen LogP contribution >= 0.6 is 0 Å². The molecule has 0 saturated carbocycles. The average molecular weight is 666 g/mol. The van der Waals surface area contributed by atoms with Crippen LogP contribution in [0.15, 0.2) is 169 Å². The Morgan fingerprint density at radius 2 is 1.27 bits per heavy atom. The number of aliphatic imine (C=N–C) groups is 1. The van der Waals surface area contributed by atoms with Crippen molar-refractivity contribution in [2.45, 2.75) is 25.3 Å². The molecule has 3 nitrogen and oxygen atoms in total. The zero-order valence-electron chi connectivity index (χ0n) is 29.1. The van der Waals surface area contributed by atoms with Crippen molar-refractivity contribution < 1.29 is 0 Å². The maximum absolute atomic E-state index is 5.24. The van der Waals surface area contributed by atoms with Crippen molar-refractivity contribution >= 4 is 60.4 Å². The van der Waals surface area contributed by atoms with Crippen LogP contribution in [-0.2, 0) is 5.41 Å². The Balaban J connectivity index is 1.14. The van der Waals surface area contributed by atoms with Gasteiger partial charge in [0.1, 0.15) is 0 Å². The molecule has 2 aliphatic rings. The summed E-state index contributed by atoms with van der Waals surface area (Å²) in [7, 11) is 0. The van der Waals surface area contributed by atoms with Crippen molar-refractivity contribution in [1.82, 2.24) is 4.57 Å². The molecule has 8 aromatic carbocycles. The van der Waals surface area contributed by atoms with Gasteiger partial charge in [0.15, 0.2) is 0 Å². The normalized spacial score (nSPS) is 15.7. The van der Waals surface area contributed by atoms with Crippen LogP contribution in [0, 0.1) is 0 Å². The molecule has 0 spiro atoms. The first-order valence-corrected chi connectivity index (χ1v) is 18.2. The smallest absolute Gasteiger partial charge is 0.0947 e. The second-order valence-electron chi connectivity index (χ2n) is 14.8. The lowest BCUT2D eigenvalue weighted by Gasteiger charge is -2.28. The van der Waals surface area contributed by atoms with Gasteiger partial charge in [-0.15, -0.1) is 0 Å². The topological polar surface area (TPSA) is 29.3 Å². The van der Waals surface area contributed by atoms with Crippen molar-refractivity contribution in [2.75, 3.05) is 5.32 Å². The predicted octanol–water partition coefficient (Wildman–Crippen LogP) is 12.7. The van der Waals surface area contributed by atoms with E-state index in [9.17, 15) is 0 Å². The highest BCUT2D eigenvalue weighted by atomic mass is 15.0. The number of aromatic nitrogens is 1. The van der Waals surface area contributed by atoms with E-state index in [1.165, 1.54) is 71.2 Å². The summed E-state index contributed by atoms with van der Waals surface area (Å²) in [6.45, 7) is 4.77. The van der Waals surface area contributed by atoms with Gasteiger partial charge in [-0.25, -0.2) is 4.99 Å². The summed E-state index contributed by atoms with van der Waals surface area (Å²) in [6, 6.07) is 59.8. The van der Waals surface area contributed by atoms with Gasteiger partial charge in [0, 0.05) is 21.9 Å². The summed E-state index contributed by atoms with van der Waals surface area (Å²) in [5, 5.41) is 11.5. The third-order valence-electron chi connectivity index (χ3n) is 11.6. The molecule has 2 heterocycles. The number of anilines is 1. The van der Waals surface area contributed by atoms with Crippen molar-refractivity contribution in [1.29, 1.82) is 0 Å². The molecule has 1 aliphatic heterocycles. The molecule has 1 atom stereocenters. The molecular weight excluding hydrogens is 631 g/mol. The molecule has 11 rings (SSSR count). The van der Waals surface area contributed by atoms with Crippen LogP contribution in [0.5, 0.6) is 0 Å². The molecule has 0 fully saturated rings. The van der Waals surface area contributed by atoms with E-state index < -0.39 is 0 Å². The van der Waals surface area contributed by atoms with Gasteiger partial charge in [-0.05, 0) is 97.4 Å². The lowest BCUT2D eigenvalue weighted by Crippen LogP contribution is -2.24. The SMILES string of the molecule is CC1(C)c2cc3c(cc2-c2c1ccc1ccccc21)c1c2ccccc2ccc1n3-c1ccc(C2=Nc3ccccc3NC2c2ccccc2)cc1. The van der Waals surface area contributed by atoms with Crippen LogP contribution in [0.3, 0.4) is 0 Å². The molecule has 9 aromatic rings. The van der Waals surface area contributed by atoms with Crippen LogP contribution in [0.4, 0.5) is 11.4 Å². The fraction of sp³-hybridized carbons (Fsp3) is 0.0816. The number of nitrogens with zero attached hydrogens (tertiary/aromatic N) is 2. The standard InChI is InChI=1S/C49H35N3/c1-49(2)39-26-22-30-12-6-8-16-35(30)45(39)37-28-38-44(29-40(37)49)52(43-27-23-31-13-7-9-17-36(31)46(38)43)34-24-20-33(21-25-34)48-47(32-14-4-3-5-15-32)50-41-18-10-11-19-42(41)51-48/h3-29,47,50H,1-2H3. The summed E-state index contributed by atoms with van der Waals surface area (Å²) >= 11 is 0. The zero-order valence-corrected chi connectivity index (χ0v) is 29.1. The maximum atomic E-state index is 5.24. The van der Waals surface area contributed by atoms with Crippen LogP contribution in [0.25, 0.3) is 60.2 Å². The maximum Gasteiger partial charge on any atom is 0.0947 e. The fourth-order valence-electron chi connectivity index (χ4n) is 9.07. The zero-order chi connectivity index (χ0) is 34.6. The van der Waals surface area contributed by atoms with E-state index in [0.29, 0.717) is 0 Å². The molecule has 52 heavy (non-hydrogen) atoms. The van der Waals surface area contributed by atoms with Gasteiger partial charge in [-0.3, -0.25) is 0 Å². The molecule has 246 valence electrons. The van der Waals surface area contributed by atoms with Crippen molar-refractivity contribution in [3.63, 3.8) is 0 Å². The molecular formula is C49H35N3. The number of rotatable bonds is 3. The Hall–Kier alpha value is -6.45. The van der Waals surface area contributed by atoms with Gasteiger partial charge in [0.25, 0.3) is 0 Å². The average Bonchev–Trinajstić information content (AvgIpc) is 3.65. The largest absolute Gasteiger partial charge is 0.371 e. The molecule has 0 saturated heterocycles. The Morgan fingerprint density at radius 1 is 0.577 bits per heavy atom. The Kier molecular flexibility index (Phi) is 6.07. The molecule has 0 radical (unpaired) electrons. The molecule has 0 amide bonds. The quantitative estimate of drug-likeness (QED) is 0.200. The highest BCUT2D eigenvalue weighted by Crippen LogP contribution is 2.53. The van der Waals surface area contributed by atoms with Crippen LogP contribution in [0.2, 0.25) is 0 Å². The van der Waals surface area contributed by atoms with Gasteiger partial charge >= 0.3 is 0 Å². The first-order valence-electron chi connectivity index (χ1n) is 18.2. The van der Waals surface area contributed by atoms with Crippen LogP contribution in [0.1, 0.15) is 42.1 Å². The number of fused-ring (bicyclic) bond motifs is 11. The molecule has 1 unspecified atom stereocenters. The van der Waals surface area contributed by atoms with Gasteiger partial charge in [0.2, 0.25) is 0 Å². The van der Waals surface area contributed by atoms with Gasteiger partial charge < -0.3 is 9.88 Å². The van der Waals surface area contributed by atoms with Crippen LogP contribution < -0.4 is 5.32 Å². The minimum Gasteiger partial charge on any atom is -0.371 e. The second-order valence-corrected chi connectivity index (χ2v) is 14.8. The Morgan fingerprint density at radius 3 is 2.10 bits per heavy atom. The van der Waals surface area contributed by atoms with E-state index in [-0.39, 0.29) is 11.5 Å². The minimum atomic E-state index is -0.134. The summed E-state index contributed by atoms with van der Waals surface area (Å²) in [5.74, 6) is 0. The monoisotopic (exact) mass is 665 g/mol. The number of para-hydroxylation sites is 2. The third-order valence-corrected chi connectivity index (χ3v) is 11.6. The predicted molar refractivity (Wildman–Crippen MR) is 219 cm³/mol. The minimum absolute atomic E-state index is 0.0518. The molecule has 1 aliphatic carbocycles. The summed E-state index contributed by atoms with van der Waals surface area (Å²) in [6.07, 6.45) is 0. The van der Waals surface area contributed by atoms with E-state index >= 15 is 0 Å². The first-order chi connectivity index (χ1) is 25.5. The summed E-state index contributed by atoms with van der Waals surface area (Å²) in [5.41, 5.74) is 14.3. The summed E-state index contributed by atoms with van der Waals surface area (Å²) in [4.78, 5) is 5.24. The van der Waals surface area contributed by atoms with E-state index in [0.717, 1.165) is 28.3 Å². The molecule has 3 heteroatoms. The Bertz CT molecular complexity index is 2950. The number of hydrogen-bond acceptors (Lipinski definition) is 2. The molecule has 0 bridgehead atoms. The van der Waals surface area contributed by atoms with Gasteiger partial charge in [-0.1, -0.05) is 135 Å². The lowest BCUT2D eigenvalue weighted by atomic mass is 9.82. The number of hydrogen-bond donors (Lipinski definition) is 1. The molecule has 1 N–H and O–H groups in total. The first kappa shape index (κ1) is 29.3.